The summed E-state index contributed by atoms with van der Waals surface area (Å²) in [4.78, 5) is 26.0. The van der Waals surface area contributed by atoms with Crippen LogP contribution in [0.4, 0.5) is 10.5 Å². The molecule has 1 amide bonds. The van der Waals surface area contributed by atoms with E-state index in [-0.39, 0.29) is 11.9 Å². The molecule has 0 aliphatic carbocycles. The van der Waals surface area contributed by atoms with Crippen molar-refractivity contribution in [3.63, 3.8) is 0 Å². The van der Waals surface area contributed by atoms with E-state index in [0.29, 0.717) is 39.0 Å². The molecule has 1 saturated heterocycles. The van der Waals surface area contributed by atoms with E-state index < -0.39 is 5.54 Å². The first-order valence-corrected chi connectivity index (χ1v) is 7.89. The van der Waals surface area contributed by atoms with Crippen molar-refractivity contribution in [3.8, 4) is 0 Å². The number of ketones is 1. The van der Waals surface area contributed by atoms with Crippen molar-refractivity contribution in [2.24, 2.45) is 0 Å². The molecule has 0 saturated carbocycles. The second-order valence-corrected chi connectivity index (χ2v) is 5.54. The third kappa shape index (κ3) is 3.59. The number of rotatable bonds is 5. The highest BCUT2D eigenvalue weighted by atomic mass is 16.6. The third-order valence-electron chi connectivity index (χ3n) is 4.16. The Morgan fingerprint density at radius 2 is 1.82 bits per heavy atom. The van der Waals surface area contributed by atoms with E-state index in [1.54, 1.807) is 11.8 Å². The molecule has 1 aliphatic rings. The average molecular weight is 304 g/mol. The van der Waals surface area contributed by atoms with Crippen LogP contribution in [0.25, 0.3) is 0 Å². The molecule has 0 spiro atoms. The predicted molar refractivity (Wildman–Crippen MR) is 85.9 cm³/mol. The van der Waals surface area contributed by atoms with Gasteiger partial charge in [-0.1, -0.05) is 25.1 Å². The second-order valence-electron chi connectivity index (χ2n) is 5.54. The average Bonchev–Trinajstić information content (AvgIpc) is 2.56. The summed E-state index contributed by atoms with van der Waals surface area (Å²) < 4.78 is 5.04. The molecule has 0 unspecified atom stereocenters. The zero-order chi connectivity index (χ0) is 16.0. The van der Waals surface area contributed by atoms with E-state index in [1.165, 1.54) is 0 Å². The monoisotopic (exact) mass is 304 g/mol. The van der Waals surface area contributed by atoms with Crippen LogP contribution >= 0.6 is 0 Å². The van der Waals surface area contributed by atoms with Crippen LogP contribution < -0.4 is 5.32 Å². The number of hydrogen-bond acceptors (Lipinski definition) is 4. The normalized spacial score (nSPS) is 16.9. The number of nitrogens with one attached hydrogen (secondary N) is 1. The molecule has 0 aromatic heterocycles. The molecular weight excluding hydrogens is 280 g/mol. The van der Waals surface area contributed by atoms with Crippen molar-refractivity contribution in [2.75, 3.05) is 25.0 Å². The van der Waals surface area contributed by atoms with Crippen LogP contribution in [0.15, 0.2) is 30.3 Å². The van der Waals surface area contributed by atoms with Crippen LogP contribution in [-0.4, -0.2) is 42.0 Å². The Bertz CT molecular complexity index is 508. The van der Waals surface area contributed by atoms with E-state index in [2.05, 4.69) is 5.32 Å². The fourth-order valence-corrected chi connectivity index (χ4v) is 2.90. The van der Waals surface area contributed by atoms with Crippen molar-refractivity contribution >= 4 is 17.6 Å². The van der Waals surface area contributed by atoms with Crippen molar-refractivity contribution in [1.82, 2.24) is 4.90 Å². The van der Waals surface area contributed by atoms with Crippen LogP contribution in [0.2, 0.25) is 0 Å². The van der Waals surface area contributed by atoms with Gasteiger partial charge in [-0.05, 0) is 31.9 Å². The van der Waals surface area contributed by atoms with E-state index in [9.17, 15) is 9.59 Å². The Labute approximate surface area is 131 Å². The number of amides is 1. The summed E-state index contributed by atoms with van der Waals surface area (Å²) in [5.74, 6) is 0.194. The standard InChI is InChI=1S/C17H24N2O3/c1-3-15(20)17(18-14-8-6-5-7-9-14)10-12-19(13-11-17)16(21)22-4-2/h5-9,18H,3-4,10-13H2,1-2H3. The zero-order valence-corrected chi connectivity index (χ0v) is 13.3. The minimum Gasteiger partial charge on any atom is -0.450 e. The quantitative estimate of drug-likeness (QED) is 0.908. The Balaban J connectivity index is 2.09. The van der Waals surface area contributed by atoms with Gasteiger partial charge >= 0.3 is 6.09 Å². The fraction of sp³-hybridized carbons (Fsp3) is 0.529. The summed E-state index contributed by atoms with van der Waals surface area (Å²) >= 11 is 0. The number of ether oxygens (including phenoxy) is 1. The summed E-state index contributed by atoms with van der Waals surface area (Å²) in [5.41, 5.74) is 0.355. The van der Waals surface area contributed by atoms with Crippen LogP contribution in [0.5, 0.6) is 0 Å². The van der Waals surface area contributed by atoms with Gasteiger partial charge in [0.15, 0.2) is 5.78 Å². The molecule has 1 heterocycles. The third-order valence-corrected chi connectivity index (χ3v) is 4.16. The maximum Gasteiger partial charge on any atom is 0.409 e. The molecule has 0 atom stereocenters. The molecule has 1 fully saturated rings. The maximum atomic E-state index is 12.5. The number of carbonyl (C=O) groups is 2. The lowest BCUT2D eigenvalue weighted by Gasteiger charge is -2.41. The van der Waals surface area contributed by atoms with Gasteiger partial charge in [0.2, 0.25) is 0 Å². The molecule has 22 heavy (non-hydrogen) atoms. The van der Waals surface area contributed by atoms with Crippen LogP contribution in [0, 0.1) is 0 Å². The van der Waals surface area contributed by atoms with Gasteiger partial charge in [0, 0.05) is 25.2 Å². The fourth-order valence-electron chi connectivity index (χ4n) is 2.90. The highest BCUT2D eigenvalue weighted by molar-refractivity contribution is 5.91. The first-order valence-electron chi connectivity index (χ1n) is 7.89. The first kappa shape index (κ1) is 16.3. The summed E-state index contributed by atoms with van der Waals surface area (Å²) in [5, 5.41) is 3.41. The zero-order valence-electron chi connectivity index (χ0n) is 13.3. The molecule has 0 radical (unpaired) electrons. The Hall–Kier alpha value is -2.04. The molecule has 1 aliphatic heterocycles. The molecule has 2 rings (SSSR count). The number of anilines is 1. The maximum absolute atomic E-state index is 12.5. The van der Waals surface area contributed by atoms with Crippen LogP contribution in [0.1, 0.15) is 33.1 Å². The lowest BCUT2D eigenvalue weighted by Crippen LogP contribution is -2.55. The van der Waals surface area contributed by atoms with Gasteiger partial charge < -0.3 is 15.0 Å². The van der Waals surface area contributed by atoms with Gasteiger partial charge in [-0.2, -0.15) is 0 Å². The number of carbonyl (C=O) groups excluding carboxylic acids is 2. The molecule has 120 valence electrons. The minimum atomic E-state index is -0.584. The van der Waals surface area contributed by atoms with Crippen molar-refractivity contribution in [1.29, 1.82) is 0 Å². The number of nitrogens with zero attached hydrogens (tertiary/aromatic N) is 1. The molecular formula is C17H24N2O3. The molecule has 1 aromatic carbocycles. The van der Waals surface area contributed by atoms with Gasteiger partial charge in [0.05, 0.1) is 12.1 Å². The number of likely N-dealkylation sites (tertiary alicyclic amines) is 1. The second kappa shape index (κ2) is 7.29. The molecule has 0 bridgehead atoms. The lowest BCUT2D eigenvalue weighted by molar-refractivity contribution is -0.124. The summed E-state index contributed by atoms with van der Waals surface area (Å²) in [7, 11) is 0. The number of hydrogen-bond donors (Lipinski definition) is 1. The predicted octanol–water partition coefficient (Wildman–Crippen LogP) is 3.07. The largest absolute Gasteiger partial charge is 0.450 e. The van der Waals surface area contributed by atoms with Crippen molar-refractivity contribution < 1.29 is 14.3 Å². The van der Waals surface area contributed by atoms with Crippen molar-refractivity contribution in [3.05, 3.63) is 30.3 Å². The Kier molecular flexibility index (Phi) is 5.41. The van der Waals surface area contributed by atoms with Gasteiger partial charge in [0.25, 0.3) is 0 Å². The van der Waals surface area contributed by atoms with E-state index in [0.717, 1.165) is 5.69 Å². The summed E-state index contributed by atoms with van der Waals surface area (Å²) in [6.07, 6.45) is 1.40. The van der Waals surface area contributed by atoms with E-state index in [4.69, 9.17) is 4.74 Å². The lowest BCUT2D eigenvalue weighted by atomic mass is 9.82. The molecule has 1 N–H and O–H groups in total. The highest BCUT2D eigenvalue weighted by Crippen LogP contribution is 2.29. The highest BCUT2D eigenvalue weighted by Gasteiger charge is 2.41. The minimum absolute atomic E-state index is 0.194. The number of piperidine rings is 1. The summed E-state index contributed by atoms with van der Waals surface area (Å²) in [6.45, 7) is 5.11. The van der Waals surface area contributed by atoms with Gasteiger partial charge in [-0.3, -0.25) is 4.79 Å². The van der Waals surface area contributed by atoms with Crippen LogP contribution in [0.3, 0.4) is 0 Å². The van der Waals surface area contributed by atoms with Crippen molar-refractivity contribution in [2.45, 2.75) is 38.6 Å². The summed E-state index contributed by atoms with van der Waals surface area (Å²) in [6, 6.07) is 9.76. The van der Waals surface area contributed by atoms with Crippen LogP contribution in [-0.2, 0) is 9.53 Å². The number of Topliss-reactive ketones (excluding diaryl/α,β-unsaturated/α-hetero) is 1. The number of benzene rings is 1. The van der Waals surface area contributed by atoms with E-state index in [1.807, 2.05) is 37.3 Å². The Morgan fingerprint density at radius 1 is 1.18 bits per heavy atom. The van der Waals surface area contributed by atoms with Gasteiger partial charge in [-0.15, -0.1) is 0 Å². The smallest absolute Gasteiger partial charge is 0.409 e. The van der Waals surface area contributed by atoms with E-state index >= 15 is 0 Å². The Morgan fingerprint density at radius 3 is 2.36 bits per heavy atom. The topological polar surface area (TPSA) is 58.6 Å². The molecule has 5 nitrogen and oxygen atoms in total. The molecule has 1 aromatic rings. The van der Waals surface area contributed by atoms with Gasteiger partial charge in [0.1, 0.15) is 0 Å². The SMILES string of the molecule is CCOC(=O)N1CCC(Nc2ccccc2)(C(=O)CC)CC1. The van der Waals surface area contributed by atoms with Gasteiger partial charge in [-0.25, -0.2) is 4.79 Å². The first-order chi connectivity index (χ1) is 10.6. The molecule has 5 heteroatoms. The number of para-hydroxylation sites is 1.